The minimum Gasteiger partial charge on any atom is -0.391 e. The standard InChI is InChI=1S/C13H23N5O/c1-4-11-12(14)15-8-16-13(11)18-7-10(19)5-9(18)6-17(2)3/h8-10,19H,4-7H2,1-3H3,(H2,14,15,16). The number of nitrogen functional groups attached to an aromatic ring is 1. The smallest absolute Gasteiger partial charge is 0.137 e. The highest BCUT2D eigenvalue weighted by atomic mass is 16.3. The number of aliphatic hydroxyl groups is 1. The maximum absolute atomic E-state index is 9.94. The average molecular weight is 265 g/mol. The normalized spacial score (nSPS) is 23.3. The molecule has 1 aromatic heterocycles. The Morgan fingerprint density at radius 3 is 2.84 bits per heavy atom. The van der Waals surface area contributed by atoms with E-state index in [2.05, 4.69) is 19.8 Å². The Morgan fingerprint density at radius 2 is 2.21 bits per heavy atom. The van der Waals surface area contributed by atoms with Crippen LogP contribution in [0.1, 0.15) is 18.9 Å². The third-order valence-corrected chi connectivity index (χ3v) is 3.55. The Hall–Kier alpha value is -1.40. The van der Waals surface area contributed by atoms with Crippen LogP contribution in [0.5, 0.6) is 0 Å². The monoisotopic (exact) mass is 265 g/mol. The maximum Gasteiger partial charge on any atom is 0.137 e. The molecule has 1 aromatic rings. The van der Waals surface area contributed by atoms with Gasteiger partial charge in [-0.15, -0.1) is 0 Å². The largest absolute Gasteiger partial charge is 0.391 e. The van der Waals surface area contributed by atoms with Crippen molar-refractivity contribution < 1.29 is 5.11 Å². The predicted molar refractivity (Wildman–Crippen MR) is 76.1 cm³/mol. The molecule has 2 atom stereocenters. The van der Waals surface area contributed by atoms with Gasteiger partial charge in [0.1, 0.15) is 18.0 Å². The summed E-state index contributed by atoms with van der Waals surface area (Å²) in [5, 5.41) is 9.94. The van der Waals surface area contributed by atoms with E-state index in [-0.39, 0.29) is 12.1 Å². The van der Waals surface area contributed by atoms with Gasteiger partial charge in [0.2, 0.25) is 0 Å². The van der Waals surface area contributed by atoms with E-state index in [0.29, 0.717) is 12.4 Å². The van der Waals surface area contributed by atoms with Crippen LogP contribution in [0.2, 0.25) is 0 Å². The molecule has 0 aliphatic carbocycles. The molecule has 0 bridgehead atoms. The summed E-state index contributed by atoms with van der Waals surface area (Å²) in [5.74, 6) is 1.41. The summed E-state index contributed by atoms with van der Waals surface area (Å²) < 4.78 is 0. The van der Waals surface area contributed by atoms with Crippen LogP contribution < -0.4 is 10.6 Å². The lowest BCUT2D eigenvalue weighted by molar-refractivity contribution is 0.191. The van der Waals surface area contributed by atoms with Crippen molar-refractivity contribution in [3.63, 3.8) is 0 Å². The van der Waals surface area contributed by atoms with E-state index in [0.717, 1.165) is 30.8 Å². The molecule has 0 radical (unpaired) electrons. The fourth-order valence-electron chi connectivity index (χ4n) is 2.75. The van der Waals surface area contributed by atoms with Crippen molar-refractivity contribution in [1.29, 1.82) is 0 Å². The topological polar surface area (TPSA) is 78.5 Å². The fourth-order valence-corrected chi connectivity index (χ4v) is 2.75. The fraction of sp³-hybridized carbons (Fsp3) is 0.692. The third-order valence-electron chi connectivity index (χ3n) is 3.55. The molecule has 106 valence electrons. The van der Waals surface area contributed by atoms with E-state index in [4.69, 9.17) is 5.73 Å². The number of rotatable bonds is 4. The minimum atomic E-state index is -0.300. The Morgan fingerprint density at radius 1 is 1.47 bits per heavy atom. The molecule has 0 saturated carbocycles. The second-order valence-corrected chi connectivity index (χ2v) is 5.37. The third kappa shape index (κ3) is 2.96. The number of anilines is 2. The number of hydrogen-bond acceptors (Lipinski definition) is 6. The Kier molecular flexibility index (Phi) is 4.21. The first kappa shape index (κ1) is 14.0. The maximum atomic E-state index is 9.94. The quantitative estimate of drug-likeness (QED) is 0.805. The zero-order chi connectivity index (χ0) is 14.0. The van der Waals surface area contributed by atoms with E-state index in [9.17, 15) is 5.11 Å². The minimum absolute atomic E-state index is 0.268. The zero-order valence-electron chi connectivity index (χ0n) is 11.9. The first-order valence-corrected chi connectivity index (χ1v) is 6.71. The molecule has 0 aromatic carbocycles. The van der Waals surface area contributed by atoms with Crippen molar-refractivity contribution in [2.75, 3.05) is 37.8 Å². The Labute approximate surface area is 114 Å². The summed E-state index contributed by atoms with van der Waals surface area (Å²) in [6, 6.07) is 0.268. The van der Waals surface area contributed by atoms with Gasteiger partial charge in [0.15, 0.2) is 0 Å². The second-order valence-electron chi connectivity index (χ2n) is 5.37. The van der Waals surface area contributed by atoms with Gasteiger partial charge in [0, 0.05) is 24.7 Å². The lowest BCUT2D eigenvalue weighted by Crippen LogP contribution is -2.38. The lowest BCUT2D eigenvalue weighted by atomic mass is 10.1. The highest BCUT2D eigenvalue weighted by molar-refractivity contribution is 5.58. The zero-order valence-corrected chi connectivity index (χ0v) is 11.9. The van der Waals surface area contributed by atoms with E-state index in [1.165, 1.54) is 6.33 Å². The molecule has 6 nitrogen and oxygen atoms in total. The number of β-amino-alcohol motifs (C(OH)–C–C–N with tert-alkyl or cyclic N) is 1. The Balaban J connectivity index is 2.31. The van der Waals surface area contributed by atoms with Gasteiger partial charge in [-0.3, -0.25) is 0 Å². The van der Waals surface area contributed by atoms with Gasteiger partial charge in [0.25, 0.3) is 0 Å². The first-order chi connectivity index (χ1) is 9.02. The molecule has 0 spiro atoms. The van der Waals surface area contributed by atoms with Gasteiger partial charge in [0.05, 0.1) is 6.10 Å². The highest BCUT2D eigenvalue weighted by Crippen LogP contribution is 2.29. The van der Waals surface area contributed by atoms with E-state index in [1.807, 2.05) is 21.0 Å². The van der Waals surface area contributed by atoms with E-state index in [1.54, 1.807) is 0 Å². The molecule has 1 fully saturated rings. The van der Waals surface area contributed by atoms with Crippen LogP contribution in [0.3, 0.4) is 0 Å². The van der Waals surface area contributed by atoms with Gasteiger partial charge in [-0.05, 0) is 26.9 Å². The van der Waals surface area contributed by atoms with Crippen LogP contribution in [0.25, 0.3) is 0 Å². The molecule has 3 N–H and O–H groups in total. The summed E-state index contributed by atoms with van der Waals surface area (Å²) in [6.45, 7) is 3.55. The summed E-state index contributed by atoms with van der Waals surface area (Å²) >= 11 is 0. The molecule has 19 heavy (non-hydrogen) atoms. The van der Waals surface area contributed by atoms with Crippen molar-refractivity contribution in [2.45, 2.75) is 31.9 Å². The molecular weight excluding hydrogens is 242 g/mol. The van der Waals surface area contributed by atoms with Crippen LogP contribution in [-0.4, -0.2) is 59.3 Å². The van der Waals surface area contributed by atoms with E-state index < -0.39 is 0 Å². The van der Waals surface area contributed by atoms with Gasteiger partial charge in [-0.2, -0.15) is 0 Å². The van der Waals surface area contributed by atoms with Crippen LogP contribution >= 0.6 is 0 Å². The van der Waals surface area contributed by atoms with Crippen molar-refractivity contribution in [1.82, 2.24) is 14.9 Å². The number of aliphatic hydroxyl groups excluding tert-OH is 1. The number of aromatic nitrogens is 2. The molecule has 0 amide bonds. The summed E-state index contributed by atoms with van der Waals surface area (Å²) in [4.78, 5) is 12.7. The molecule has 2 unspecified atom stereocenters. The molecule has 6 heteroatoms. The molecule has 1 aliphatic heterocycles. The molecule has 2 rings (SSSR count). The highest BCUT2D eigenvalue weighted by Gasteiger charge is 2.33. The number of likely N-dealkylation sites (N-methyl/N-ethyl adjacent to an activating group) is 1. The summed E-state index contributed by atoms with van der Waals surface area (Å²) in [5.41, 5.74) is 6.90. The van der Waals surface area contributed by atoms with Crippen molar-refractivity contribution in [3.05, 3.63) is 11.9 Å². The van der Waals surface area contributed by atoms with Crippen molar-refractivity contribution >= 4 is 11.6 Å². The molecule has 1 aliphatic rings. The second kappa shape index (κ2) is 5.71. The Bertz CT molecular complexity index is 437. The van der Waals surface area contributed by atoms with Crippen molar-refractivity contribution in [3.8, 4) is 0 Å². The lowest BCUT2D eigenvalue weighted by Gasteiger charge is -2.29. The van der Waals surface area contributed by atoms with Crippen LogP contribution in [0, 0.1) is 0 Å². The first-order valence-electron chi connectivity index (χ1n) is 6.71. The average Bonchev–Trinajstić information content (AvgIpc) is 2.68. The van der Waals surface area contributed by atoms with E-state index >= 15 is 0 Å². The molecular formula is C13H23N5O. The van der Waals surface area contributed by atoms with Gasteiger partial charge < -0.3 is 20.6 Å². The van der Waals surface area contributed by atoms with Gasteiger partial charge >= 0.3 is 0 Å². The SMILES string of the molecule is CCc1c(N)ncnc1N1CC(O)CC1CN(C)C. The van der Waals surface area contributed by atoms with Crippen LogP contribution in [0.4, 0.5) is 11.6 Å². The van der Waals surface area contributed by atoms with Crippen molar-refractivity contribution in [2.24, 2.45) is 0 Å². The molecule has 1 saturated heterocycles. The number of nitrogens with zero attached hydrogens (tertiary/aromatic N) is 4. The summed E-state index contributed by atoms with van der Waals surface area (Å²) in [6.07, 6.45) is 2.77. The van der Waals surface area contributed by atoms with Crippen LogP contribution in [0.15, 0.2) is 6.33 Å². The predicted octanol–water partition coefficient (Wildman–Crippen LogP) is 0.122. The summed E-state index contributed by atoms with van der Waals surface area (Å²) in [7, 11) is 4.08. The number of nitrogens with two attached hydrogens (primary N) is 1. The number of hydrogen-bond donors (Lipinski definition) is 2. The van der Waals surface area contributed by atoms with Crippen LogP contribution in [-0.2, 0) is 6.42 Å². The molecule has 2 heterocycles. The van der Waals surface area contributed by atoms with Gasteiger partial charge in [-0.25, -0.2) is 9.97 Å². The van der Waals surface area contributed by atoms with Gasteiger partial charge in [-0.1, -0.05) is 6.92 Å².